The number of rotatable bonds is 6. The van der Waals surface area contributed by atoms with E-state index in [-0.39, 0.29) is 12.5 Å². The second-order valence-corrected chi connectivity index (χ2v) is 5.58. The summed E-state index contributed by atoms with van der Waals surface area (Å²) in [7, 11) is 1.67. The second kappa shape index (κ2) is 9.57. The number of aliphatic imine (C=N–C) groups is 1. The molecule has 2 aromatic rings. The molecule has 0 heterocycles. The van der Waals surface area contributed by atoms with Gasteiger partial charge in [-0.05, 0) is 36.2 Å². The van der Waals surface area contributed by atoms with Gasteiger partial charge in [-0.2, -0.15) is 0 Å². The Morgan fingerprint density at radius 2 is 1.88 bits per heavy atom. The minimum Gasteiger partial charge on any atom is -0.356 e. The number of benzene rings is 2. The van der Waals surface area contributed by atoms with Crippen molar-refractivity contribution in [3.63, 3.8) is 0 Å². The van der Waals surface area contributed by atoms with Gasteiger partial charge in [0.15, 0.2) is 5.96 Å². The maximum atomic E-state index is 11.9. The Hall–Kier alpha value is -2.53. The van der Waals surface area contributed by atoms with Gasteiger partial charge < -0.3 is 16.0 Å². The van der Waals surface area contributed by atoms with Crippen molar-refractivity contribution in [3.05, 3.63) is 65.2 Å². The van der Waals surface area contributed by atoms with E-state index in [0.29, 0.717) is 12.5 Å². The van der Waals surface area contributed by atoms with Gasteiger partial charge in [0.25, 0.3) is 0 Å². The molecule has 0 aromatic heterocycles. The highest BCUT2D eigenvalue weighted by Gasteiger charge is 2.04. The molecule has 3 N–H and O–H groups in total. The van der Waals surface area contributed by atoms with Crippen LogP contribution < -0.4 is 16.0 Å². The van der Waals surface area contributed by atoms with Gasteiger partial charge >= 0.3 is 0 Å². The number of nitrogens with one attached hydrogen (secondary N) is 3. The number of nitrogens with zero attached hydrogens (tertiary/aromatic N) is 1. The first kappa shape index (κ1) is 17.8. The highest BCUT2D eigenvalue weighted by Crippen LogP contribution is 2.10. The molecule has 0 saturated carbocycles. The number of guanidine groups is 1. The van der Waals surface area contributed by atoms with E-state index >= 15 is 0 Å². The molecule has 0 unspecified atom stereocenters. The van der Waals surface area contributed by atoms with Crippen LogP contribution in [0.5, 0.6) is 0 Å². The molecule has 0 radical (unpaired) electrons. The summed E-state index contributed by atoms with van der Waals surface area (Å²) < 4.78 is 0. The summed E-state index contributed by atoms with van der Waals surface area (Å²) in [5.41, 5.74) is 1.92. The molecule has 2 aromatic carbocycles. The molecule has 0 aliphatic rings. The predicted molar refractivity (Wildman–Crippen MR) is 99.6 cm³/mol. The fourth-order valence-corrected chi connectivity index (χ4v) is 2.34. The molecule has 0 atom stereocenters. The van der Waals surface area contributed by atoms with Crippen LogP contribution in [0.2, 0.25) is 5.02 Å². The maximum absolute atomic E-state index is 11.9. The number of hydrogen-bond donors (Lipinski definition) is 3. The van der Waals surface area contributed by atoms with Crippen molar-refractivity contribution in [2.75, 3.05) is 25.5 Å². The highest BCUT2D eigenvalue weighted by molar-refractivity contribution is 6.30. The van der Waals surface area contributed by atoms with Gasteiger partial charge in [-0.15, -0.1) is 0 Å². The molecule has 0 aliphatic carbocycles. The van der Waals surface area contributed by atoms with E-state index in [0.717, 1.165) is 22.7 Å². The zero-order valence-corrected chi connectivity index (χ0v) is 14.3. The first-order chi connectivity index (χ1) is 11.7. The Morgan fingerprint density at radius 1 is 1.08 bits per heavy atom. The van der Waals surface area contributed by atoms with Gasteiger partial charge in [0.1, 0.15) is 0 Å². The molecular formula is C18H21ClN4O. The van der Waals surface area contributed by atoms with Crippen molar-refractivity contribution in [2.24, 2.45) is 4.99 Å². The maximum Gasteiger partial charge on any atom is 0.243 e. The predicted octanol–water partition coefficient (Wildman–Crippen LogP) is 2.69. The molecular weight excluding hydrogens is 324 g/mol. The lowest BCUT2D eigenvalue weighted by Gasteiger charge is -2.12. The normalized spacial score (nSPS) is 11.0. The minimum absolute atomic E-state index is 0.126. The van der Waals surface area contributed by atoms with E-state index in [9.17, 15) is 4.79 Å². The van der Waals surface area contributed by atoms with Crippen LogP contribution in [0.4, 0.5) is 5.69 Å². The van der Waals surface area contributed by atoms with Crippen LogP contribution in [0.25, 0.3) is 0 Å². The summed E-state index contributed by atoms with van der Waals surface area (Å²) in [6, 6.07) is 17.1. The second-order valence-electron chi connectivity index (χ2n) is 5.15. The number of carbonyl (C=O) groups excluding carboxylic acids is 1. The van der Waals surface area contributed by atoms with Crippen molar-refractivity contribution in [2.45, 2.75) is 6.42 Å². The smallest absolute Gasteiger partial charge is 0.243 e. The molecule has 0 saturated heterocycles. The van der Waals surface area contributed by atoms with E-state index in [1.165, 1.54) is 0 Å². The Labute approximate surface area is 147 Å². The third-order valence-electron chi connectivity index (χ3n) is 3.29. The van der Waals surface area contributed by atoms with Gasteiger partial charge in [-0.3, -0.25) is 9.79 Å². The third kappa shape index (κ3) is 6.30. The van der Waals surface area contributed by atoms with Crippen LogP contribution in [0.3, 0.4) is 0 Å². The molecule has 2 rings (SSSR count). The lowest BCUT2D eigenvalue weighted by Crippen LogP contribution is -2.42. The Balaban J connectivity index is 1.71. The summed E-state index contributed by atoms with van der Waals surface area (Å²) in [5, 5.41) is 9.70. The summed E-state index contributed by atoms with van der Waals surface area (Å²) in [6.45, 7) is 0.839. The van der Waals surface area contributed by atoms with Crippen LogP contribution in [0.15, 0.2) is 59.6 Å². The van der Waals surface area contributed by atoms with Gasteiger partial charge in [-0.25, -0.2) is 0 Å². The quantitative estimate of drug-likeness (QED) is 0.557. The van der Waals surface area contributed by atoms with E-state index < -0.39 is 0 Å². The first-order valence-electron chi connectivity index (χ1n) is 7.71. The van der Waals surface area contributed by atoms with Crippen molar-refractivity contribution in [1.82, 2.24) is 10.6 Å². The van der Waals surface area contributed by atoms with E-state index in [4.69, 9.17) is 11.6 Å². The van der Waals surface area contributed by atoms with Crippen LogP contribution in [-0.4, -0.2) is 32.0 Å². The fourth-order valence-electron chi connectivity index (χ4n) is 2.13. The summed E-state index contributed by atoms with van der Waals surface area (Å²) in [5.74, 6) is 0.458. The summed E-state index contributed by atoms with van der Waals surface area (Å²) in [4.78, 5) is 16.0. The van der Waals surface area contributed by atoms with Crippen molar-refractivity contribution in [1.29, 1.82) is 0 Å². The average molecular weight is 345 g/mol. The van der Waals surface area contributed by atoms with E-state index in [2.05, 4.69) is 20.9 Å². The largest absolute Gasteiger partial charge is 0.356 e. The SMILES string of the molecule is CN=C(NCCc1cccc(Cl)c1)NCC(=O)Nc1ccccc1. The van der Waals surface area contributed by atoms with Crippen molar-refractivity contribution >= 4 is 29.2 Å². The van der Waals surface area contributed by atoms with Gasteiger partial charge in [0, 0.05) is 24.3 Å². The third-order valence-corrected chi connectivity index (χ3v) is 3.53. The van der Waals surface area contributed by atoms with Crippen LogP contribution in [-0.2, 0) is 11.2 Å². The Kier molecular flexibility index (Phi) is 7.11. The summed E-state index contributed by atoms with van der Waals surface area (Å²) in [6.07, 6.45) is 0.817. The molecule has 126 valence electrons. The lowest BCUT2D eigenvalue weighted by atomic mass is 10.1. The van der Waals surface area contributed by atoms with Crippen molar-refractivity contribution < 1.29 is 4.79 Å². The average Bonchev–Trinajstić information content (AvgIpc) is 2.59. The fraction of sp³-hybridized carbons (Fsp3) is 0.222. The van der Waals surface area contributed by atoms with Crippen LogP contribution >= 0.6 is 11.6 Å². The van der Waals surface area contributed by atoms with E-state index in [1.54, 1.807) is 7.05 Å². The van der Waals surface area contributed by atoms with Gasteiger partial charge in [0.05, 0.1) is 6.54 Å². The standard InChI is InChI=1S/C18H21ClN4O/c1-20-18(21-11-10-14-6-5-7-15(19)12-14)22-13-17(24)23-16-8-3-2-4-9-16/h2-9,12H,10-11,13H2,1H3,(H,23,24)(H2,20,21,22). The molecule has 0 fully saturated rings. The lowest BCUT2D eigenvalue weighted by molar-refractivity contribution is -0.115. The first-order valence-corrected chi connectivity index (χ1v) is 8.09. The molecule has 1 amide bonds. The Bertz CT molecular complexity index is 688. The monoisotopic (exact) mass is 344 g/mol. The van der Waals surface area contributed by atoms with Crippen LogP contribution in [0, 0.1) is 0 Å². The van der Waals surface area contributed by atoms with E-state index in [1.807, 2.05) is 54.6 Å². The zero-order valence-electron chi connectivity index (χ0n) is 13.6. The van der Waals surface area contributed by atoms with Gasteiger partial charge in [-0.1, -0.05) is 41.9 Å². The van der Waals surface area contributed by atoms with Crippen molar-refractivity contribution in [3.8, 4) is 0 Å². The molecule has 0 spiro atoms. The number of para-hydroxylation sites is 1. The summed E-state index contributed by atoms with van der Waals surface area (Å²) >= 11 is 5.96. The molecule has 5 nitrogen and oxygen atoms in total. The number of carbonyl (C=O) groups is 1. The Morgan fingerprint density at radius 3 is 2.58 bits per heavy atom. The van der Waals surface area contributed by atoms with Crippen LogP contribution in [0.1, 0.15) is 5.56 Å². The molecule has 6 heteroatoms. The molecule has 24 heavy (non-hydrogen) atoms. The topological polar surface area (TPSA) is 65.5 Å². The number of anilines is 1. The molecule has 0 aliphatic heterocycles. The minimum atomic E-state index is -0.126. The number of amides is 1. The zero-order chi connectivity index (χ0) is 17.2. The highest BCUT2D eigenvalue weighted by atomic mass is 35.5. The van der Waals surface area contributed by atoms with Gasteiger partial charge in [0.2, 0.25) is 5.91 Å². The number of halogens is 1. The molecule has 0 bridgehead atoms. The number of hydrogen-bond acceptors (Lipinski definition) is 2.